The Morgan fingerprint density at radius 2 is 1.61 bits per heavy atom. The summed E-state index contributed by atoms with van der Waals surface area (Å²) < 4.78 is 30.5. The number of methoxy groups -OCH3 is 2. The van der Waals surface area contributed by atoms with Crippen LogP contribution in [0.4, 0.5) is 17.2 Å². The highest BCUT2D eigenvalue weighted by atomic mass is 32.2. The van der Waals surface area contributed by atoms with E-state index >= 15 is 0 Å². The lowest BCUT2D eigenvalue weighted by atomic mass is 10.1. The number of anilines is 3. The topological polar surface area (TPSA) is 115 Å². The number of hydrogen-bond donors (Lipinski definition) is 2. The molecule has 1 aliphatic rings. The average molecular weight is 638 g/mol. The normalized spacial score (nSPS) is 15.7. The highest BCUT2D eigenvalue weighted by Crippen LogP contribution is 2.30. The summed E-state index contributed by atoms with van der Waals surface area (Å²) in [7, 11) is 1.69. The van der Waals surface area contributed by atoms with Gasteiger partial charge in [0.05, 0.1) is 66.8 Å². The molecule has 1 amide bonds. The van der Waals surface area contributed by atoms with Crippen LogP contribution >= 0.6 is 0 Å². The molecule has 236 valence electrons. The predicted molar refractivity (Wildman–Crippen MR) is 179 cm³/mol. The molecule has 46 heavy (non-hydrogen) atoms. The fourth-order valence-electron chi connectivity index (χ4n) is 5.30. The number of nitrogens with zero attached hydrogens (tertiary/aromatic N) is 3. The fraction of sp³-hybridized carbons (Fsp3) is 0.229. The third kappa shape index (κ3) is 7.68. The molecule has 1 aromatic heterocycles. The minimum Gasteiger partial charge on any atom is -0.497 e. The largest absolute Gasteiger partial charge is 0.497 e. The molecule has 0 spiro atoms. The van der Waals surface area contributed by atoms with Gasteiger partial charge in [-0.1, -0.05) is 48.5 Å². The van der Waals surface area contributed by atoms with E-state index in [0.717, 1.165) is 5.56 Å². The Labute approximate surface area is 270 Å². The number of morpholine rings is 1. The predicted octanol–water partition coefficient (Wildman–Crippen LogP) is 5.71. The Morgan fingerprint density at radius 3 is 2.35 bits per heavy atom. The van der Waals surface area contributed by atoms with Crippen molar-refractivity contribution in [1.82, 2.24) is 14.9 Å². The van der Waals surface area contributed by atoms with Crippen LogP contribution in [-0.2, 0) is 26.1 Å². The average Bonchev–Trinajstić information content (AvgIpc) is 3.08. The van der Waals surface area contributed by atoms with Crippen molar-refractivity contribution in [2.24, 2.45) is 0 Å². The highest BCUT2D eigenvalue weighted by Gasteiger charge is 2.23. The molecule has 11 heteroatoms. The number of rotatable bonds is 11. The summed E-state index contributed by atoms with van der Waals surface area (Å²) in [5, 5.41) is 6.29. The van der Waals surface area contributed by atoms with E-state index in [9.17, 15) is 9.00 Å². The maximum absolute atomic E-state index is 13.7. The first kappa shape index (κ1) is 31.2. The van der Waals surface area contributed by atoms with E-state index in [4.69, 9.17) is 24.2 Å². The Morgan fingerprint density at radius 1 is 0.891 bits per heavy atom. The lowest BCUT2D eigenvalue weighted by Crippen LogP contribution is -2.42. The van der Waals surface area contributed by atoms with Gasteiger partial charge >= 0.3 is 0 Å². The highest BCUT2D eigenvalue weighted by molar-refractivity contribution is 7.84. The number of hydrogen-bond acceptors (Lipinski definition) is 9. The van der Waals surface area contributed by atoms with Gasteiger partial charge in [0.1, 0.15) is 11.5 Å². The molecule has 2 heterocycles. The van der Waals surface area contributed by atoms with Crippen LogP contribution in [0.1, 0.15) is 17.4 Å². The van der Waals surface area contributed by atoms with E-state index in [2.05, 4.69) is 15.5 Å². The lowest BCUT2D eigenvalue weighted by molar-refractivity contribution is -0.119. The first-order valence-corrected chi connectivity index (χ1v) is 16.2. The van der Waals surface area contributed by atoms with Gasteiger partial charge in [-0.2, -0.15) is 0 Å². The minimum absolute atomic E-state index is 0.0722. The fourth-order valence-corrected chi connectivity index (χ4v) is 6.40. The molecule has 5 aromatic rings. The smallest absolute Gasteiger partial charge is 0.238 e. The summed E-state index contributed by atoms with van der Waals surface area (Å²) in [6.07, 6.45) is -0.0722. The van der Waals surface area contributed by atoms with Gasteiger partial charge in [0.25, 0.3) is 0 Å². The van der Waals surface area contributed by atoms with Crippen LogP contribution in [0.2, 0.25) is 0 Å². The molecule has 0 radical (unpaired) electrons. The third-order valence-electron chi connectivity index (χ3n) is 7.59. The molecular weight excluding hydrogens is 602 g/mol. The Bertz CT molecular complexity index is 1830. The standard InChI is InChI=1S/C35H35N5O5S/c1-43-27-17-26(18-28(20-27)44-2)37-35-32(38-30-13-6-7-14-31(30)39-35)23-46(42)29-12-8-11-25(19-29)36-34(41)22-40-15-16-45-33(21-40)24-9-4-3-5-10-24/h3-14,17-20,33H,15-16,21-23H2,1-2H3,(H,36,41)(H,37,39). The summed E-state index contributed by atoms with van der Waals surface area (Å²) in [4.78, 5) is 25.3. The first-order chi connectivity index (χ1) is 22.5. The van der Waals surface area contributed by atoms with E-state index in [1.54, 1.807) is 44.6 Å². The van der Waals surface area contributed by atoms with Crippen molar-refractivity contribution < 1.29 is 23.2 Å². The number of carbonyl (C=O) groups is 1. The molecule has 0 saturated carbocycles. The third-order valence-corrected chi connectivity index (χ3v) is 8.91. The van der Waals surface area contributed by atoms with Crippen molar-refractivity contribution in [3.63, 3.8) is 0 Å². The van der Waals surface area contributed by atoms with Crippen LogP contribution < -0.4 is 20.1 Å². The van der Waals surface area contributed by atoms with E-state index in [1.165, 1.54) is 0 Å². The van der Waals surface area contributed by atoms with Crippen LogP contribution in [-0.4, -0.2) is 65.4 Å². The maximum Gasteiger partial charge on any atom is 0.238 e. The zero-order valence-corrected chi connectivity index (χ0v) is 26.5. The monoisotopic (exact) mass is 637 g/mol. The molecular formula is C35H35N5O5S. The summed E-state index contributed by atoms with van der Waals surface area (Å²) in [6, 6.07) is 30.1. The van der Waals surface area contributed by atoms with Crippen LogP contribution in [0.25, 0.3) is 11.0 Å². The maximum atomic E-state index is 13.7. The van der Waals surface area contributed by atoms with E-state index in [1.807, 2.05) is 66.7 Å². The molecule has 10 nitrogen and oxygen atoms in total. The number of ether oxygens (including phenoxy) is 3. The van der Waals surface area contributed by atoms with Gasteiger partial charge in [0.2, 0.25) is 5.91 Å². The molecule has 1 aliphatic heterocycles. The molecule has 0 aliphatic carbocycles. The second-order valence-corrected chi connectivity index (χ2v) is 12.3. The zero-order chi connectivity index (χ0) is 31.9. The molecule has 1 saturated heterocycles. The van der Waals surface area contributed by atoms with Crippen LogP contribution in [0.5, 0.6) is 11.5 Å². The van der Waals surface area contributed by atoms with E-state index in [-0.39, 0.29) is 24.3 Å². The van der Waals surface area contributed by atoms with Gasteiger partial charge in [-0.15, -0.1) is 0 Å². The second-order valence-electron chi connectivity index (χ2n) is 10.8. The van der Waals surface area contributed by atoms with Crippen molar-refractivity contribution in [1.29, 1.82) is 0 Å². The van der Waals surface area contributed by atoms with Gasteiger partial charge in [-0.3, -0.25) is 13.9 Å². The Hall–Kier alpha value is -4.84. The van der Waals surface area contributed by atoms with Crippen LogP contribution in [0.3, 0.4) is 0 Å². The molecule has 1 fully saturated rings. The van der Waals surface area contributed by atoms with Crippen molar-refractivity contribution in [2.45, 2.75) is 16.8 Å². The second kappa shape index (κ2) is 14.5. The van der Waals surface area contributed by atoms with Gasteiger partial charge in [-0.05, 0) is 35.9 Å². The molecule has 2 unspecified atom stereocenters. The van der Waals surface area contributed by atoms with E-state index < -0.39 is 10.8 Å². The Balaban J connectivity index is 1.16. The van der Waals surface area contributed by atoms with Gasteiger partial charge in [0, 0.05) is 47.6 Å². The number of nitrogens with one attached hydrogen (secondary N) is 2. The van der Waals surface area contributed by atoms with Gasteiger partial charge in [0.15, 0.2) is 5.82 Å². The summed E-state index contributed by atoms with van der Waals surface area (Å²) in [5.41, 5.74) is 4.30. The van der Waals surface area contributed by atoms with Crippen LogP contribution in [0.15, 0.2) is 102 Å². The van der Waals surface area contributed by atoms with Gasteiger partial charge < -0.3 is 24.8 Å². The van der Waals surface area contributed by atoms with Crippen molar-refractivity contribution in [3.8, 4) is 11.5 Å². The number of benzene rings is 4. The first-order valence-electron chi connectivity index (χ1n) is 14.9. The molecule has 2 N–H and O–H groups in total. The number of aromatic nitrogens is 2. The molecule has 6 rings (SSSR count). The van der Waals surface area contributed by atoms with Crippen molar-refractivity contribution in [3.05, 3.63) is 108 Å². The molecule has 0 bridgehead atoms. The quantitative estimate of drug-likeness (QED) is 0.188. The lowest BCUT2D eigenvalue weighted by Gasteiger charge is -2.32. The number of fused-ring (bicyclic) bond motifs is 1. The Kier molecular flexibility index (Phi) is 9.82. The summed E-state index contributed by atoms with van der Waals surface area (Å²) in [5.74, 6) is 1.67. The van der Waals surface area contributed by atoms with Gasteiger partial charge in [-0.25, -0.2) is 9.97 Å². The van der Waals surface area contributed by atoms with E-state index in [0.29, 0.717) is 70.0 Å². The van der Waals surface area contributed by atoms with Crippen molar-refractivity contribution >= 4 is 44.9 Å². The summed E-state index contributed by atoms with van der Waals surface area (Å²) >= 11 is 0. The SMILES string of the molecule is COc1cc(Nc2nc3ccccc3nc2CS(=O)c2cccc(NC(=O)CN3CCOC(c4ccccc4)C3)c2)cc(OC)c1. The zero-order valence-electron chi connectivity index (χ0n) is 25.6. The molecule has 4 aromatic carbocycles. The number of para-hydroxylation sites is 2. The van der Waals surface area contributed by atoms with Crippen LogP contribution in [0, 0.1) is 0 Å². The summed E-state index contributed by atoms with van der Waals surface area (Å²) in [6.45, 7) is 2.09. The molecule has 2 atom stereocenters. The number of carbonyl (C=O) groups excluding carboxylic acids is 1. The minimum atomic E-state index is -1.49. The number of amides is 1. The van der Waals surface area contributed by atoms with Crippen molar-refractivity contribution in [2.75, 3.05) is 51.1 Å².